The van der Waals surface area contributed by atoms with Crippen molar-refractivity contribution in [1.82, 2.24) is 4.90 Å². The fraction of sp³-hybridized carbons (Fsp3) is 0.222. The van der Waals surface area contributed by atoms with Crippen LogP contribution in [0.4, 0.5) is 11.4 Å². The first kappa shape index (κ1) is 21.7. The van der Waals surface area contributed by atoms with E-state index in [9.17, 15) is 4.79 Å². The number of para-hydroxylation sites is 1. The molecule has 1 amide bonds. The molecule has 1 heterocycles. The van der Waals surface area contributed by atoms with Gasteiger partial charge in [0.1, 0.15) is 11.5 Å². The molecule has 1 aliphatic heterocycles. The number of hydrogen-bond donors (Lipinski definition) is 1. The van der Waals surface area contributed by atoms with E-state index in [0.29, 0.717) is 6.04 Å². The van der Waals surface area contributed by atoms with Gasteiger partial charge in [-0.15, -0.1) is 0 Å². The summed E-state index contributed by atoms with van der Waals surface area (Å²) in [5, 5.41) is 2.92. The number of anilines is 2. The Labute approximate surface area is 189 Å². The maximum Gasteiger partial charge on any atom is 0.248 e. The van der Waals surface area contributed by atoms with Crippen LogP contribution >= 0.6 is 0 Å². The first-order chi connectivity index (χ1) is 15.6. The molecule has 5 nitrogen and oxygen atoms in total. The smallest absolute Gasteiger partial charge is 0.248 e. The number of amides is 1. The summed E-state index contributed by atoms with van der Waals surface area (Å²) in [4.78, 5) is 17.0. The van der Waals surface area contributed by atoms with E-state index < -0.39 is 0 Å². The van der Waals surface area contributed by atoms with Crippen molar-refractivity contribution in [2.45, 2.75) is 12.5 Å². The summed E-state index contributed by atoms with van der Waals surface area (Å²) in [6.07, 6.45) is 4.51. The van der Waals surface area contributed by atoms with Crippen LogP contribution in [0.5, 0.6) is 11.5 Å². The summed E-state index contributed by atoms with van der Waals surface area (Å²) in [7, 11) is 4.26. The number of hydrogen-bond acceptors (Lipinski definition) is 4. The molecule has 0 bridgehead atoms. The zero-order valence-corrected chi connectivity index (χ0v) is 18.6. The number of rotatable bonds is 7. The third-order valence-corrected chi connectivity index (χ3v) is 5.68. The van der Waals surface area contributed by atoms with E-state index >= 15 is 0 Å². The van der Waals surface area contributed by atoms with Crippen LogP contribution in [-0.4, -0.2) is 44.0 Å². The lowest BCUT2D eigenvalue weighted by Gasteiger charge is -2.22. The summed E-state index contributed by atoms with van der Waals surface area (Å²) in [6.45, 7) is 2.10. The lowest BCUT2D eigenvalue weighted by molar-refractivity contribution is -0.111. The molecule has 1 aliphatic rings. The van der Waals surface area contributed by atoms with Gasteiger partial charge in [0, 0.05) is 36.6 Å². The summed E-state index contributed by atoms with van der Waals surface area (Å²) in [6, 6.07) is 25.9. The van der Waals surface area contributed by atoms with E-state index in [0.717, 1.165) is 35.8 Å². The van der Waals surface area contributed by atoms with Crippen molar-refractivity contribution >= 4 is 23.4 Å². The number of carbonyl (C=O) groups excluding carboxylic acids is 1. The van der Waals surface area contributed by atoms with Crippen molar-refractivity contribution in [1.29, 1.82) is 0 Å². The molecule has 1 atom stereocenters. The quantitative estimate of drug-likeness (QED) is 0.522. The van der Waals surface area contributed by atoms with Crippen LogP contribution in [0.15, 0.2) is 84.9 Å². The standard InChI is InChI=1S/C27H29N3O2/c1-29(2)24-18-19-30(20-24)23-13-11-22(12-14-23)28-27(31)17-10-21-8-15-26(16-9-21)32-25-6-4-3-5-7-25/h3-17,24H,18-20H2,1-2H3,(H,28,31). The van der Waals surface area contributed by atoms with Crippen molar-refractivity contribution < 1.29 is 9.53 Å². The van der Waals surface area contributed by atoms with Crippen LogP contribution in [-0.2, 0) is 4.79 Å². The third-order valence-electron chi connectivity index (χ3n) is 5.68. The summed E-state index contributed by atoms with van der Waals surface area (Å²) in [5.74, 6) is 1.40. The fourth-order valence-corrected chi connectivity index (χ4v) is 3.78. The van der Waals surface area contributed by atoms with Gasteiger partial charge in [0.2, 0.25) is 5.91 Å². The normalized spacial score (nSPS) is 16.0. The molecule has 1 fully saturated rings. The van der Waals surface area contributed by atoms with E-state index in [1.165, 1.54) is 12.1 Å². The van der Waals surface area contributed by atoms with Crippen molar-refractivity contribution in [3.8, 4) is 11.5 Å². The Morgan fingerprint density at radius 1 is 0.969 bits per heavy atom. The lowest BCUT2D eigenvalue weighted by atomic mass is 10.2. The SMILES string of the molecule is CN(C)C1CCN(c2ccc(NC(=O)C=Cc3ccc(Oc4ccccc4)cc3)cc2)C1. The molecular weight excluding hydrogens is 398 g/mol. The number of nitrogens with one attached hydrogen (secondary N) is 1. The van der Waals surface area contributed by atoms with Crippen molar-refractivity contribution in [2.24, 2.45) is 0 Å². The van der Waals surface area contributed by atoms with E-state index in [-0.39, 0.29) is 5.91 Å². The van der Waals surface area contributed by atoms with E-state index in [1.807, 2.05) is 66.7 Å². The zero-order chi connectivity index (χ0) is 22.3. The van der Waals surface area contributed by atoms with Crippen LogP contribution < -0.4 is 15.0 Å². The van der Waals surface area contributed by atoms with Gasteiger partial charge in [0.25, 0.3) is 0 Å². The summed E-state index contributed by atoms with van der Waals surface area (Å²) in [5.41, 5.74) is 2.92. The van der Waals surface area contributed by atoms with E-state index in [2.05, 4.69) is 41.3 Å². The maximum atomic E-state index is 12.3. The number of nitrogens with zero attached hydrogens (tertiary/aromatic N) is 2. The van der Waals surface area contributed by atoms with E-state index in [4.69, 9.17) is 4.74 Å². The van der Waals surface area contributed by atoms with Crippen LogP contribution in [0.1, 0.15) is 12.0 Å². The number of benzene rings is 3. The largest absolute Gasteiger partial charge is 0.457 e. The second kappa shape index (κ2) is 10.2. The van der Waals surface area contributed by atoms with Gasteiger partial charge in [-0.25, -0.2) is 0 Å². The Morgan fingerprint density at radius 3 is 2.31 bits per heavy atom. The first-order valence-corrected chi connectivity index (χ1v) is 10.9. The topological polar surface area (TPSA) is 44.8 Å². The van der Waals surface area contributed by atoms with Crippen LogP contribution in [0.25, 0.3) is 6.08 Å². The van der Waals surface area contributed by atoms with Gasteiger partial charge in [-0.3, -0.25) is 4.79 Å². The molecule has 1 N–H and O–H groups in total. The van der Waals surface area contributed by atoms with Gasteiger partial charge in [-0.05, 0) is 80.7 Å². The number of likely N-dealkylation sites (N-methyl/N-ethyl adjacent to an activating group) is 1. The van der Waals surface area contributed by atoms with Gasteiger partial charge in [-0.1, -0.05) is 30.3 Å². The molecule has 4 rings (SSSR count). The highest BCUT2D eigenvalue weighted by atomic mass is 16.5. The Bertz CT molecular complexity index is 1040. The van der Waals surface area contributed by atoms with Crippen LogP contribution in [0.2, 0.25) is 0 Å². The van der Waals surface area contributed by atoms with Crippen molar-refractivity contribution in [3.05, 3.63) is 90.5 Å². The molecule has 1 unspecified atom stereocenters. The summed E-state index contributed by atoms with van der Waals surface area (Å²) >= 11 is 0. The highest BCUT2D eigenvalue weighted by Gasteiger charge is 2.23. The molecule has 0 aliphatic carbocycles. The molecule has 0 spiro atoms. The Balaban J connectivity index is 1.29. The predicted molar refractivity (Wildman–Crippen MR) is 131 cm³/mol. The maximum absolute atomic E-state index is 12.3. The molecule has 3 aromatic rings. The average Bonchev–Trinajstić information content (AvgIpc) is 3.31. The minimum atomic E-state index is -0.156. The molecule has 3 aromatic carbocycles. The Kier molecular flexibility index (Phi) is 6.87. The molecule has 1 saturated heterocycles. The second-order valence-corrected chi connectivity index (χ2v) is 8.21. The van der Waals surface area contributed by atoms with Gasteiger partial charge >= 0.3 is 0 Å². The van der Waals surface area contributed by atoms with Crippen molar-refractivity contribution in [2.75, 3.05) is 37.4 Å². The van der Waals surface area contributed by atoms with Crippen LogP contribution in [0.3, 0.4) is 0 Å². The minimum absolute atomic E-state index is 0.156. The van der Waals surface area contributed by atoms with Gasteiger partial charge in [0.05, 0.1) is 0 Å². The first-order valence-electron chi connectivity index (χ1n) is 10.9. The molecule has 0 saturated carbocycles. The van der Waals surface area contributed by atoms with Crippen LogP contribution in [0, 0.1) is 0 Å². The number of ether oxygens (including phenoxy) is 1. The lowest BCUT2D eigenvalue weighted by Crippen LogP contribution is -2.31. The van der Waals surface area contributed by atoms with E-state index in [1.54, 1.807) is 12.2 Å². The highest BCUT2D eigenvalue weighted by molar-refractivity contribution is 6.02. The monoisotopic (exact) mass is 427 g/mol. The third kappa shape index (κ3) is 5.77. The van der Waals surface area contributed by atoms with Gasteiger partial charge in [0.15, 0.2) is 0 Å². The molecule has 0 radical (unpaired) electrons. The zero-order valence-electron chi connectivity index (χ0n) is 18.6. The molecule has 164 valence electrons. The fourth-order valence-electron chi connectivity index (χ4n) is 3.78. The summed E-state index contributed by atoms with van der Waals surface area (Å²) < 4.78 is 5.79. The highest BCUT2D eigenvalue weighted by Crippen LogP contribution is 2.24. The van der Waals surface area contributed by atoms with Gasteiger partial charge in [-0.2, -0.15) is 0 Å². The Hall–Kier alpha value is -3.57. The molecule has 0 aromatic heterocycles. The predicted octanol–water partition coefficient (Wildman–Crippen LogP) is 5.27. The van der Waals surface area contributed by atoms with Crippen molar-refractivity contribution in [3.63, 3.8) is 0 Å². The number of carbonyl (C=O) groups is 1. The molecule has 32 heavy (non-hydrogen) atoms. The Morgan fingerprint density at radius 2 is 1.66 bits per heavy atom. The molecule has 5 heteroatoms. The molecular formula is C27H29N3O2. The second-order valence-electron chi connectivity index (χ2n) is 8.21. The van der Waals surface area contributed by atoms with Gasteiger partial charge < -0.3 is 19.9 Å². The minimum Gasteiger partial charge on any atom is -0.457 e. The average molecular weight is 428 g/mol.